The van der Waals surface area contributed by atoms with Gasteiger partial charge in [0, 0.05) is 17.5 Å². The molecule has 0 fully saturated rings. The highest BCUT2D eigenvalue weighted by Gasteiger charge is 2.13. The van der Waals surface area contributed by atoms with Crippen LogP contribution < -0.4 is 0 Å². The molecule has 2 aromatic rings. The van der Waals surface area contributed by atoms with E-state index in [1.54, 1.807) is 17.5 Å². The third-order valence-electron chi connectivity index (χ3n) is 1.75. The number of hydrogen-bond donors (Lipinski definition) is 1. The van der Waals surface area contributed by atoms with Gasteiger partial charge in [0.25, 0.3) is 0 Å². The minimum absolute atomic E-state index is 0.518. The smallest absolute Gasteiger partial charge is 0.105 e. The zero-order valence-electron chi connectivity index (χ0n) is 7.54. The van der Waals surface area contributed by atoms with Crippen LogP contribution in [0.15, 0.2) is 11.6 Å². The molecule has 74 valence electrons. The van der Waals surface area contributed by atoms with Crippen LogP contribution in [0.5, 0.6) is 0 Å². The highest BCUT2D eigenvalue weighted by atomic mass is 32.1. The van der Waals surface area contributed by atoms with Crippen molar-refractivity contribution in [3.05, 3.63) is 28.0 Å². The average molecular weight is 227 g/mol. The van der Waals surface area contributed by atoms with Gasteiger partial charge in [0.2, 0.25) is 0 Å². The van der Waals surface area contributed by atoms with Gasteiger partial charge in [0.05, 0.1) is 22.9 Å². The van der Waals surface area contributed by atoms with Crippen molar-refractivity contribution in [1.82, 2.24) is 13.7 Å². The highest BCUT2D eigenvalue weighted by molar-refractivity contribution is 7.09. The fourth-order valence-corrected chi connectivity index (χ4v) is 2.36. The monoisotopic (exact) mass is 227 g/mol. The van der Waals surface area contributed by atoms with Crippen molar-refractivity contribution in [3.8, 4) is 0 Å². The van der Waals surface area contributed by atoms with E-state index in [2.05, 4.69) is 13.7 Å². The Morgan fingerprint density at radius 1 is 1.57 bits per heavy atom. The van der Waals surface area contributed by atoms with Gasteiger partial charge in [-0.2, -0.15) is 8.75 Å². The Bertz CT molecular complexity index is 398. The van der Waals surface area contributed by atoms with Crippen molar-refractivity contribution in [2.45, 2.75) is 19.4 Å². The minimum atomic E-state index is -0.584. The summed E-state index contributed by atoms with van der Waals surface area (Å²) in [5.74, 6) is 0. The van der Waals surface area contributed by atoms with Crippen LogP contribution in [0, 0.1) is 6.92 Å². The van der Waals surface area contributed by atoms with Gasteiger partial charge >= 0.3 is 0 Å². The summed E-state index contributed by atoms with van der Waals surface area (Å²) < 4.78 is 7.82. The molecule has 0 saturated heterocycles. The molecule has 2 aromatic heterocycles. The van der Waals surface area contributed by atoms with Crippen molar-refractivity contribution < 1.29 is 5.11 Å². The Kier molecular flexibility index (Phi) is 2.85. The quantitative estimate of drug-likeness (QED) is 0.865. The molecule has 0 aliphatic heterocycles. The predicted octanol–water partition coefficient (Wildman–Crippen LogP) is 1.58. The lowest BCUT2D eigenvalue weighted by Crippen LogP contribution is -2.01. The first-order valence-corrected chi connectivity index (χ1v) is 5.73. The fourth-order valence-electron chi connectivity index (χ4n) is 1.09. The zero-order valence-corrected chi connectivity index (χ0v) is 9.18. The van der Waals surface area contributed by atoms with Gasteiger partial charge in [-0.15, -0.1) is 11.3 Å². The normalized spacial score (nSPS) is 13.0. The molecule has 0 spiro atoms. The van der Waals surface area contributed by atoms with E-state index in [1.165, 1.54) is 0 Å². The summed E-state index contributed by atoms with van der Waals surface area (Å²) in [6.07, 6.45) is 1.53. The molecule has 6 heteroatoms. The molecule has 0 saturated carbocycles. The Balaban J connectivity index is 2.05. The van der Waals surface area contributed by atoms with Crippen LogP contribution in [0.1, 0.15) is 22.5 Å². The molecule has 4 nitrogen and oxygen atoms in total. The van der Waals surface area contributed by atoms with Crippen LogP contribution in [0.25, 0.3) is 0 Å². The molecule has 2 heterocycles. The molecular formula is C8H9N3OS2. The fraction of sp³-hybridized carbons (Fsp3) is 0.375. The van der Waals surface area contributed by atoms with E-state index < -0.39 is 6.10 Å². The molecule has 0 amide bonds. The van der Waals surface area contributed by atoms with Crippen LogP contribution in [0.3, 0.4) is 0 Å². The van der Waals surface area contributed by atoms with Crippen LogP contribution in [-0.4, -0.2) is 18.8 Å². The number of aromatic nitrogens is 3. The molecule has 1 atom stereocenters. The summed E-state index contributed by atoms with van der Waals surface area (Å²) in [6.45, 7) is 1.94. The maximum absolute atomic E-state index is 9.74. The zero-order chi connectivity index (χ0) is 9.97. The van der Waals surface area contributed by atoms with E-state index in [-0.39, 0.29) is 0 Å². The Hall–Kier alpha value is -0.850. The van der Waals surface area contributed by atoms with E-state index in [0.29, 0.717) is 12.1 Å². The van der Waals surface area contributed by atoms with Gasteiger partial charge in [0.15, 0.2) is 0 Å². The van der Waals surface area contributed by atoms with E-state index >= 15 is 0 Å². The van der Waals surface area contributed by atoms with Gasteiger partial charge in [-0.05, 0) is 6.92 Å². The first-order chi connectivity index (χ1) is 6.75. The third-order valence-corrected chi connectivity index (χ3v) is 3.24. The lowest BCUT2D eigenvalue weighted by Gasteiger charge is -2.03. The first-order valence-electron chi connectivity index (χ1n) is 4.12. The highest BCUT2D eigenvalue weighted by Crippen LogP contribution is 2.19. The molecule has 0 aliphatic carbocycles. The van der Waals surface area contributed by atoms with E-state index in [0.717, 1.165) is 22.4 Å². The van der Waals surface area contributed by atoms with Crippen molar-refractivity contribution in [1.29, 1.82) is 0 Å². The average Bonchev–Trinajstić information content (AvgIpc) is 2.75. The van der Waals surface area contributed by atoms with Crippen LogP contribution in [0.4, 0.5) is 0 Å². The molecule has 14 heavy (non-hydrogen) atoms. The van der Waals surface area contributed by atoms with Crippen molar-refractivity contribution >= 4 is 23.1 Å². The number of nitrogens with zero attached hydrogens (tertiary/aromatic N) is 3. The number of rotatable bonds is 3. The van der Waals surface area contributed by atoms with Gasteiger partial charge in [-0.25, -0.2) is 4.98 Å². The molecule has 0 aliphatic rings. The minimum Gasteiger partial charge on any atom is -0.386 e. The van der Waals surface area contributed by atoms with Crippen molar-refractivity contribution in [3.63, 3.8) is 0 Å². The lowest BCUT2D eigenvalue weighted by atomic mass is 10.2. The van der Waals surface area contributed by atoms with Gasteiger partial charge < -0.3 is 5.11 Å². The number of thiazole rings is 1. The summed E-state index contributed by atoms with van der Waals surface area (Å²) >= 11 is 2.67. The summed E-state index contributed by atoms with van der Waals surface area (Å²) in [4.78, 5) is 4.27. The van der Waals surface area contributed by atoms with E-state index in [9.17, 15) is 5.11 Å². The van der Waals surface area contributed by atoms with E-state index in [4.69, 9.17) is 0 Å². The standard InChI is InChI=1S/C8H9N3OS2/c1-5-4-13-8(10-5)2-7(12)6-3-9-14-11-6/h3-4,7,12H,2H2,1H3. The van der Waals surface area contributed by atoms with Crippen molar-refractivity contribution in [2.24, 2.45) is 0 Å². The Morgan fingerprint density at radius 3 is 3.00 bits per heavy atom. The summed E-state index contributed by atoms with van der Waals surface area (Å²) in [7, 11) is 0. The van der Waals surface area contributed by atoms with Gasteiger partial charge in [-0.1, -0.05) is 0 Å². The summed E-state index contributed by atoms with van der Waals surface area (Å²) in [5.41, 5.74) is 1.62. The summed E-state index contributed by atoms with van der Waals surface area (Å²) in [5, 5.41) is 12.6. The number of aliphatic hydroxyl groups is 1. The first kappa shape index (κ1) is 9.70. The summed E-state index contributed by atoms with van der Waals surface area (Å²) in [6, 6.07) is 0. The molecule has 0 radical (unpaired) electrons. The third kappa shape index (κ3) is 2.14. The van der Waals surface area contributed by atoms with E-state index in [1.807, 2.05) is 12.3 Å². The van der Waals surface area contributed by atoms with Gasteiger partial charge in [0.1, 0.15) is 11.8 Å². The second kappa shape index (κ2) is 4.12. The van der Waals surface area contributed by atoms with Crippen LogP contribution in [-0.2, 0) is 6.42 Å². The molecule has 1 N–H and O–H groups in total. The number of hydrogen-bond acceptors (Lipinski definition) is 6. The maximum atomic E-state index is 9.74. The molecule has 0 aromatic carbocycles. The van der Waals surface area contributed by atoms with Crippen LogP contribution >= 0.6 is 23.1 Å². The Morgan fingerprint density at radius 2 is 2.43 bits per heavy atom. The van der Waals surface area contributed by atoms with Gasteiger partial charge in [-0.3, -0.25) is 0 Å². The number of aliphatic hydroxyl groups excluding tert-OH is 1. The van der Waals surface area contributed by atoms with Crippen LogP contribution in [0.2, 0.25) is 0 Å². The number of aryl methyl sites for hydroxylation is 1. The predicted molar refractivity (Wildman–Crippen MR) is 55.4 cm³/mol. The SMILES string of the molecule is Cc1csc(CC(O)c2cnsn2)n1. The lowest BCUT2D eigenvalue weighted by molar-refractivity contribution is 0.174. The maximum Gasteiger partial charge on any atom is 0.105 e. The largest absolute Gasteiger partial charge is 0.386 e. The van der Waals surface area contributed by atoms with Crippen molar-refractivity contribution in [2.75, 3.05) is 0 Å². The molecule has 2 rings (SSSR count). The molecule has 1 unspecified atom stereocenters. The molecular weight excluding hydrogens is 218 g/mol. The Labute approximate surface area is 89.6 Å². The second-order valence-electron chi connectivity index (χ2n) is 2.93. The molecule has 0 bridgehead atoms. The second-order valence-corrected chi connectivity index (χ2v) is 4.43. The topological polar surface area (TPSA) is 58.9 Å².